The van der Waals surface area contributed by atoms with Crippen molar-refractivity contribution in [2.24, 2.45) is 5.73 Å². The van der Waals surface area contributed by atoms with Gasteiger partial charge in [-0.05, 0) is 12.1 Å². The summed E-state index contributed by atoms with van der Waals surface area (Å²) in [5, 5.41) is 8.46. The average molecular weight is 192 g/mol. The minimum absolute atomic E-state index is 0.0328. The molecule has 14 heavy (non-hydrogen) atoms. The number of amides is 1. The molecular weight excluding hydrogens is 187 g/mol. The molecule has 0 atom stereocenters. The summed E-state index contributed by atoms with van der Waals surface area (Å²) in [4.78, 5) is 21.2. The number of carbonyl (C=O) groups is 2. The first kappa shape index (κ1) is 9.86. The van der Waals surface area contributed by atoms with Crippen molar-refractivity contribution < 1.29 is 14.0 Å². The van der Waals surface area contributed by atoms with Crippen molar-refractivity contribution in [3.05, 3.63) is 34.6 Å². The molecule has 0 saturated carbocycles. The molecule has 70 valence electrons. The second-order valence-corrected chi connectivity index (χ2v) is 2.52. The third-order valence-electron chi connectivity index (χ3n) is 1.62. The molecule has 1 aromatic rings. The standard InChI is InChI=1S/C9H5FN2O2/c10-7-2-5(3-11)1-6(4-13)8(7)9(12)14/h1-2,4H,(H2,12,14). The number of carbonyl (C=O) groups excluding carboxylic acids is 2. The number of benzene rings is 1. The molecule has 0 heterocycles. The Labute approximate surface area is 78.7 Å². The first-order valence-corrected chi connectivity index (χ1v) is 3.58. The number of hydrogen-bond donors (Lipinski definition) is 1. The average Bonchev–Trinajstić information content (AvgIpc) is 2.15. The van der Waals surface area contributed by atoms with Gasteiger partial charge < -0.3 is 5.73 Å². The molecule has 0 aliphatic rings. The van der Waals surface area contributed by atoms with Crippen LogP contribution >= 0.6 is 0 Å². The van der Waals surface area contributed by atoms with Gasteiger partial charge in [0.15, 0.2) is 6.29 Å². The molecule has 0 spiro atoms. The summed E-state index contributed by atoms with van der Waals surface area (Å²) in [6.07, 6.45) is 0.282. The molecule has 4 nitrogen and oxygen atoms in total. The normalized spacial score (nSPS) is 9.14. The lowest BCUT2D eigenvalue weighted by Gasteiger charge is -2.01. The number of nitrogens with zero attached hydrogens (tertiary/aromatic N) is 1. The fourth-order valence-electron chi connectivity index (χ4n) is 1.05. The summed E-state index contributed by atoms with van der Waals surface area (Å²) in [5.74, 6) is -1.99. The number of rotatable bonds is 2. The van der Waals surface area contributed by atoms with Crippen molar-refractivity contribution >= 4 is 12.2 Å². The van der Waals surface area contributed by atoms with Gasteiger partial charge in [0.25, 0.3) is 5.91 Å². The van der Waals surface area contributed by atoms with Gasteiger partial charge in [-0.15, -0.1) is 0 Å². The fourth-order valence-corrected chi connectivity index (χ4v) is 1.05. The summed E-state index contributed by atoms with van der Waals surface area (Å²) in [7, 11) is 0. The highest BCUT2D eigenvalue weighted by Gasteiger charge is 2.15. The highest BCUT2D eigenvalue weighted by molar-refractivity contribution is 6.01. The van der Waals surface area contributed by atoms with Crippen molar-refractivity contribution in [1.82, 2.24) is 0 Å². The Morgan fingerprint density at radius 2 is 2.21 bits per heavy atom. The summed E-state index contributed by atoms with van der Waals surface area (Å²) < 4.78 is 13.1. The quantitative estimate of drug-likeness (QED) is 0.696. The monoisotopic (exact) mass is 192 g/mol. The van der Waals surface area contributed by atoms with Crippen LogP contribution in [0.2, 0.25) is 0 Å². The molecule has 0 aliphatic heterocycles. The molecule has 2 N–H and O–H groups in total. The lowest BCUT2D eigenvalue weighted by Crippen LogP contribution is -2.16. The number of nitriles is 1. The van der Waals surface area contributed by atoms with E-state index in [0.717, 1.165) is 12.1 Å². The number of aldehydes is 1. The maximum Gasteiger partial charge on any atom is 0.252 e. The minimum atomic E-state index is -1.03. The maximum absolute atomic E-state index is 13.1. The summed E-state index contributed by atoms with van der Waals surface area (Å²) in [6, 6.07) is 3.62. The van der Waals surface area contributed by atoms with E-state index in [-0.39, 0.29) is 17.4 Å². The molecule has 1 amide bonds. The van der Waals surface area contributed by atoms with Crippen LogP contribution in [-0.4, -0.2) is 12.2 Å². The topological polar surface area (TPSA) is 83.9 Å². The smallest absolute Gasteiger partial charge is 0.252 e. The molecule has 1 aromatic carbocycles. The maximum atomic E-state index is 13.1. The van der Waals surface area contributed by atoms with Gasteiger partial charge in [0.2, 0.25) is 0 Å². The molecule has 0 radical (unpaired) electrons. The molecule has 5 heteroatoms. The van der Waals surface area contributed by atoms with E-state index < -0.39 is 17.3 Å². The molecule has 1 rings (SSSR count). The first-order valence-electron chi connectivity index (χ1n) is 3.58. The van der Waals surface area contributed by atoms with Crippen LogP contribution in [0.15, 0.2) is 12.1 Å². The number of primary amides is 1. The molecule has 0 bridgehead atoms. The van der Waals surface area contributed by atoms with Gasteiger partial charge in [-0.25, -0.2) is 4.39 Å². The van der Waals surface area contributed by atoms with Crippen LogP contribution < -0.4 is 5.73 Å². The van der Waals surface area contributed by atoms with Crippen molar-refractivity contribution in [3.63, 3.8) is 0 Å². The van der Waals surface area contributed by atoms with Crippen LogP contribution in [0.5, 0.6) is 0 Å². The van der Waals surface area contributed by atoms with E-state index in [1.165, 1.54) is 0 Å². The van der Waals surface area contributed by atoms with Crippen molar-refractivity contribution in [2.45, 2.75) is 0 Å². The molecular formula is C9H5FN2O2. The summed E-state index contributed by atoms with van der Waals surface area (Å²) in [5.41, 5.74) is 4.13. The van der Waals surface area contributed by atoms with E-state index in [9.17, 15) is 14.0 Å². The zero-order chi connectivity index (χ0) is 10.7. The van der Waals surface area contributed by atoms with Gasteiger partial charge in [0.05, 0.1) is 17.2 Å². The molecule has 0 aromatic heterocycles. The predicted octanol–water partition coefficient (Wildman–Crippen LogP) is 0.609. The van der Waals surface area contributed by atoms with Crippen LogP contribution in [0.3, 0.4) is 0 Å². The lowest BCUT2D eigenvalue weighted by atomic mass is 10.0. The van der Waals surface area contributed by atoms with Gasteiger partial charge in [-0.3, -0.25) is 9.59 Å². The van der Waals surface area contributed by atoms with Gasteiger partial charge in [-0.1, -0.05) is 0 Å². The van der Waals surface area contributed by atoms with E-state index in [4.69, 9.17) is 11.0 Å². The SMILES string of the molecule is N#Cc1cc(F)c(C(N)=O)c(C=O)c1. The Balaban J connectivity index is 3.52. The van der Waals surface area contributed by atoms with Gasteiger partial charge in [0, 0.05) is 5.56 Å². The largest absolute Gasteiger partial charge is 0.365 e. The summed E-state index contributed by atoms with van der Waals surface area (Å²) in [6.45, 7) is 0. The van der Waals surface area contributed by atoms with Crippen LogP contribution in [0.4, 0.5) is 4.39 Å². The summed E-state index contributed by atoms with van der Waals surface area (Å²) >= 11 is 0. The Bertz CT molecular complexity index is 449. The van der Waals surface area contributed by atoms with Crippen molar-refractivity contribution in [1.29, 1.82) is 5.26 Å². The number of nitrogens with two attached hydrogens (primary N) is 1. The Morgan fingerprint density at radius 3 is 2.64 bits per heavy atom. The first-order chi connectivity index (χ1) is 6.60. The van der Waals surface area contributed by atoms with E-state index in [2.05, 4.69) is 0 Å². The molecule has 0 fully saturated rings. The Morgan fingerprint density at radius 1 is 1.57 bits per heavy atom. The fraction of sp³-hybridized carbons (Fsp3) is 0. The highest BCUT2D eigenvalue weighted by atomic mass is 19.1. The molecule has 0 unspecified atom stereocenters. The minimum Gasteiger partial charge on any atom is -0.365 e. The third-order valence-corrected chi connectivity index (χ3v) is 1.62. The highest BCUT2D eigenvalue weighted by Crippen LogP contribution is 2.14. The number of hydrogen-bond acceptors (Lipinski definition) is 3. The number of halogens is 1. The predicted molar refractivity (Wildman–Crippen MR) is 45.0 cm³/mol. The second kappa shape index (κ2) is 3.66. The van der Waals surface area contributed by atoms with Crippen LogP contribution in [0.25, 0.3) is 0 Å². The van der Waals surface area contributed by atoms with Crippen molar-refractivity contribution in [3.8, 4) is 6.07 Å². The Hall–Kier alpha value is -2.22. The zero-order valence-corrected chi connectivity index (χ0v) is 6.95. The molecule has 0 aliphatic carbocycles. The third kappa shape index (κ3) is 1.59. The van der Waals surface area contributed by atoms with Crippen LogP contribution in [0.1, 0.15) is 26.3 Å². The molecule has 0 saturated heterocycles. The van der Waals surface area contributed by atoms with Gasteiger partial charge in [0.1, 0.15) is 5.82 Å². The van der Waals surface area contributed by atoms with E-state index in [1.54, 1.807) is 6.07 Å². The Kier molecular flexibility index (Phi) is 2.58. The van der Waals surface area contributed by atoms with Gasteiger partial charge in [-0.2, -0.15) is 5.26 Å². The van der Waals surface area contributed by atoms with E-state index in [0.29, 0.717) is 0 Å². The van der Waals surface area contributed by atoms with Crippen molar-refractivity contribution in [2.75, 3.05) is 0 Å². The van der Waals surface area contributed by atoms with E-state index in [1.807, 2.05) is 0 Å². The van der Waals surface area contributed by atoms with E-state index >= 15 is 0 Å². The zero-order valence-electron chi connectivity index (χ0n) is 6.95. The van der Waals surface area contributed by atoms with Crippen LogP contribution in [0, 0.1) is 17.1 Å². The van der Waals surface area contributed by atoms with Gasteiger partial charge >= 0.3 is 0 Å². The second-order valence-electron chi connectivity index (χ2n) is 2.52. The lowest BCUT2D eigenvalue weighted by molar-refractivity contribution is 0.0989. The van der Waals surface area contributed by atoms with Crippen LogP contribution in [-0.2, 0) is 0 Å².